The number of anilines is 1. The van der Waals surface area contributed by atoms with Crippen LogP contribution in [0.25, 0.3) is 11.2 Å². The van der Waals surface area contributed by atoms with Crippen LogP contribution in [0.5, 0.6) is 11.5 Å². The summed E-state index contributed by atoms with van der Waals surface area (Å²) in [6.45, 7) is 16.9. The summed E-state index contributed by atoms with van der Waals surface area (Å²) in [6, 6.07) is 3.93. The predicted molar refractivity (Wildman–Crippen MR) is 145 cm³/mol. The van der Waals surface area contributed by atoms with Gasteiger partial charge in [-0.3, -0.25) is 0 Å². The van der Waals surface area contributed by atoms with Crippen molar-refractivity contribution in [1.29, 1.82) is 0 Å². The van der Waals surface area contributed by atoms with Crippen LogP contribution in [0.15, 0.2) is 28.5 Å². The summed E-state index contributed by atoms with van der Waals surface area (Å²) in [7, 11) is 0. The molecule has 1 aliphatic rings. The topological polar surface area (TPSA) is 118 Å². The van der Waals surface area contributed by atoms with Crippen molar-refractivity contribution >= 4 is 34.8 Å². The average Bonchev–Trinajstić information content (AvgIpc) is 3.41. The van der Waals surface area contributed by atoms with Crippen LogP contribution >= 0.6 is 11.8 Å². The van der Waals surface area contributed by atoms with Crippen LogP contribution in [-0.2, 0) is 11.3 Å². The van der Waals surface area contributed by atoms with Crippen molar-refractivity contribution < 1.29 is 19.0 Å². The Morgan fingerprint density at radius 2 is 1.89 bits per heavy atom. The Bertz CT molecular complexity index is 1240. The molecule has 0 atom stereocenters. The Labute approximate surface area is 222 Å². The van der Waals surface area contributed by atoms with E-state index < -0.39 is 5.60 Å². The molecule has 1 amide bonds. The van der Waals surface area contributed by atoms with Crippen LogP contribution < -0.4 is 15.2 Å². The van der Waals surface area contributed by atoms with Crippen molar-refractivity contribution in [3.8, 4) is 11.5 Å². The number of amides is 1. The fourth-order valence-electron chi connectivity index (χ4n) is 3.73. The van der Waals surface area contributed by atoms with Crippen molar-refractivity contribution in [2.45, 2.75) is 90.1 Å². The van der Waals surface area contributed by atoms with Crippen LogP contribution in [0, 0.1) is 6.92 Å². The maximum Gasteiger partial charge on any atom is 0.410 e. The summed E-state index contributed by atoms with van der Waals surface area (Å²) in [5.74, 6) is 1.78. The second kappa shape index (κ2) is 11.9. The molecule has 2 N–H and O–H groups in total. The first-order valence-corrected chi connectivity index (χ1v) is 13.4. The van der Waals surface area contributed by atoms with Gasteiger partial charge < -0.3 is 29.4 Å². The number of aryl methyl sites for hydroxylation is 2. The van der Waals surface area contributed by atoms with Gasteiger partial charge in [-0.25, -0.2) is 19.7 Å². The van der Waals surface area contributed by atoms with Gasteiger partial charge in [0.05, 0.1) is 0 Å². The molecule has 2 aromatic heterocycles. The van der Waals surface area contributed by atoms with E-state index in [-0.39, 0.29) is 18.9 Å². The molecule has 3 aromatic rings. The van der Waals surface area contributed by atoms with Gasteiger partial charge in [-0.1, -0.05) is 25.6 Å². The molecule has 0 bridgehead atoms. The van der Waals surface area contributed by atoms with Gasteiger partial charge in [-0.15, -0.1) is 0 Å². The Hall–Kier alpha value is -3.21. The van der Waals surface area contributed by atoms with Gasteiger partial charge in [0, 0.05) is 24.0 Å². The van der Waals surface area contributed by atoms with E-state index in [9.17, 15) is 4.79 Å². The van der Waals surface area contributed by atoms with E-state index in [4.69, 9.17) is 24.9 Å². The van der Waals surface area contributed by atoms with Gasteiger partial charge in [-0.05, 0) is 65.7 Å². The molecule has 0 aliphatic carbocycles. The van der Waals surface area contributed by atoms with Crippen LogP contribution in [0.3, 0.4) is 0 Å². The zero-order valence-corrected chi connectivity index (χ0v) is 23.8. The number of ether oxygens (including phenoxy) is 3. The molecule has 4 rings (SSSR count). The summed E-state index contributed by atoms with van der Waals surface area (Å²) in [5.41, 5.74) is 7.82. The van der Waals surface area contributed by atoms with Crippen LogP contribution in [0.2, 0.25) is 0 Å². The standard InChI is InChI=1S/C24H32N6O4S.C2H6/c1-14(2)29(23(31)34-24(4,5)6)8-7-9-30-21-19(20(25)26-12-27-21)28-22(30)35-18-11-17-16(10-15(18)3)32-13-33-17;1-2/h10-12,14H,7-9,13H2,1-6H3,(H2,25,26,27);1-2H3. The molecule has 0 spiro atoms. The normalized spacial score (nSPS) is 12.5. The van der Waals surface area contributed by atoms with Crippen LogP contribution in [0.1, 0.15) is 60.5 Å². The first-order valence-electron chi connectivity index (χ1n) is 12.6. The monoisotopic (exact) mass is 530 g/mol. The second-order valence-electron chi connectivity index (χ2n) is 9.67. The van der Waals surface area contributed by atoms with Crippen molar-refractivity contribution in [2.75, 3.05) is 19.1 Å². The maximum atomic E-state index is 12.7. The Morgan fingerprint density at radius 3 is 2.54 bits per heavy atom. The Balaban J connectivity index is 0.00000186. The molecule has 0 radical (unpaired) electrons. The number of carbonyl (C=O) groups excluding carboxylic acids is 1. The molecule has 0 saturated heterocycles. The summed E-state index contributed by atoms with van der Waals surface area (Å²) in [6.07, 6.45) is 1.80. The molecule has 0 unspecified atom stereocenters. The Kier molecular flexibility index (Phi) is 9.12. The zero-order valence-electron chi connectivity index (χ0n) is 23.0. The lowest BCUT2D eigenvalue weighted by atomic mass is 10.2. The number of carbonyl (C=O) groups is 1. The summed E-state index contributed by atoms with van der Waals surface area (Å²) in [4.78, 5) is 28.7. The third kappa shape index (κ3) is 6.76. The first-order chi connectivity index (χ1) is 17.5. The first kappa shape index (κ1) is 28.4. The number of nitrogens with two attached hydrogens (primary N) is 1. The van der Waals surface area contributed by atoms with Gasteiger partial charge in [-0.2, -0.15) is 0 Å². The lowest BCUT2D eigenvalue weighted by molar-refractivity contribution is 0.0186. The largest absolute Gasteiger partial charge is 0.454 e. The number of hydrogen-bond acceptors (Lipinski definition) is 9. The fourth-order valence-corrected chi connectivity index (χ4v) is 4.73. The van der Waals surface area contributed by atoms with Crippen molar-refractivity contribution in [2.24, 2.45) is 0 Å². The highest BCUT2D eigenvalue weighted by Crippen LogP contribution is 2.41. The van der Waals surface area contributed by atoms with Gasteiger partial charge in [0.25, 0.3) is 0 Å². The molecule has 0 fully saturated rings. The quantitative estimate of drug-likeness (QED) is 0.413. The van der Waals surface area contributed by atoms with Crippen LogP contribution in [0.4, 0.5) is 10.6 Å². The minimum absolute atomic E-state index is 0.00692. The summed E-state index contributed by atoms with van der Waals surface area (Å²) in [5, 5.41) is 0.738. The van der Waals surface area contributed by atoms with Crippen molar-refractivity contribution in [1.82, 2.24) is 24.4 Å². The highest BCUT2D eigenvalue weighted by atomic mass is 32.2. The third-order valence-electron chi connectivity index (χ3n) is 5.43. The molecule has 11 heteroatoms. The molecule has 0 saturated carbocycles. The maximum absolute atomic E-state index is 12.7. The van der Waals surface area contributed by atoms with E-state index in [0.717, 1.165) is 21.4 Å². The molecule has 202 valence electrons. The van der Waals surface area contributed by atoms with E-state index in [1.165, 1.54) is 18.1 Å². The lowest BCUT2D eigenvalue weighted by Gasteiger charge is -2.30. The number of hydrogen-bond donors (Lipinski definition) is 1. The average molecular weight is 531 g/mol. The molecule has 1 aliphatic heterocycles. The lowest BCUT2D eigenvalue weighted by Crippen LogP contribution is -2.41. The van der Waals surface area contributed by atoms with E-state index >= 15 is 0 Å². The molecule has 1 aromatic carbocycles. The number of benzene rings is 1. The fraction of sp³-hybridized carbons (Fsp3) is 0.538. The van der Waals surface area contributed by atoms with Gasteiger partial charge in [0.2, 0.25) is 6.79 Å². The molecule has 3 heterocycles. The minimum Gasteiger partial charge on any atom is -0.454 e. The molecular weight excluding hydrogens is 492 g/mol. The predicted octanol–water partition coefficient (Wildman–Crippen LogP) is 5.66. The van der Waals surface area contributed by atoms with E-state index in [1.807, 2.05) is 72.1 Å². The van der Waals surface area contributed by atoms with E-state index in [2.05, 4.69) is 9.97 Å². The number of rotatable bonds is 7. The van der Waals surface area contributed by atoms with Gasteiger partial charge in [0.15, 0.2) is 33.6 Å². The van der Waals surface area contributed by atoms with Gasteiger partial charge in [0.1, 0.15) is 11.9 Å². The highest BCUT2D eigenvalue weighted by Gasteiger charge is 2.25. The molecular formula is C26H38N6O4S. The summed E-state index contributed by atoms with van der Waals surface area (Å²) < 4.78 is 18.7. The number of nitrogens with zero attached hydrogens (tertiary/aromatic N) is 5. The number of aromatic nitrogens is 4. The third-order valence-corrected chi connectivity index (χ3v) is 6.58. The smallest absolute Gasteiger partial charge is 0.410 e. The van der Waals surface area contributed by atoms with Crippen LogP contribution in [-0.4, -0.2) is 55.5 Å². The number of fused-ring (bicyclic) bond motifs is 2. The van der Waals surface area contributed by atoms with E-state index in [1.54, 1.807) is 4.90 Å². The zero-order chi connectivity index (χ0) is 27.3. The molecule has 37 heavy (non-hydrogen) atoms. The van der Waals surface area contributed by atoms with E-state index in [0.29, 0.717) is 42.2 Å². The number of nitrogen functional groups attached to an aromatic ring is 1. The highest BCUT2D eigenvalue weighted by molar-refractivity contribution is 7.99. The summed E-state index contributed by atoms with van der Waals surface area (Å²) >= 11 is 1.51. The van der Waals surface area contributed by atoms with Crippen molar-refractivity contribution in [3.63, 3.8) is 0 Å². The molecule has 10 nitrogen and oxygen atoms in total. The minimum atomic E-state index is -0.550. The Morgan fingerprint density at radius 1 is 1.22 bits per heavy atom. The second-order valence-corrected chi connectivity index (χ2v) is 10.7. The number of imidazole rings is 1. The van der Waals surface area contributed by atoms with Crippen molar-refractivity contribution in [3.05, 3.63) is 24.0 Å². The van der Waals surface area contributed by atoms with Gasteiger partial charge >= 0.3 is 6.09 Å². The SMILES string of the molecule is CC.Cc1cc2c(cc1Sc1nc3c(N)ncnc3n1CCCN(C(=O)OC(C)(C)C)C(C)C)OCO2.